The van der Waals surface area contributed by atoms with E-state index in [0.717, 1.165) is 25.3 Å². The quantitative estimate of drug-likeness (QED) is 0.840. The summed E-state index contributed by atoms with van der Waals surface area (Å²) in [6.45, 7) is 1.72. The average Bonchev–Trinajstić information content (AvgIpc) is 2.40. The Labute approximate surface area is 113 Å². The number of aromatic nitrogens is 1. The molecule has 0 amide bonds. The van der Waals surface area contributed by atoms with Crippen LogP contribution in [0.25, 0.3) is 0 Å². The molecule has 1 saturated heterocycles. The number of likely N-dealkylation sites (N-methyl/N-ethyl adjacent to an activating group) is 1. The van der Waals surface area contributed by atoms with Gasteiger partial charge in [-0.1, -0.05) is 12.2 Å². The number of nitrogens with two attached hydrogens (primary N) is 1. The Kier molecular flexibility index (Phi) is 4.49. The molecule has 1 unspecified atom stereocenters. The van der Waals surface area contributed by atoms with Gasteiger partial charge in [0.15, 0.2) is 0 Å². The molecule has 0 aliphatic carbocycles. The molecule has 98 valence electrons. The molecule has 1 atom stereocenters. The first-order valence-corrected chi connectivity index (χ1v) is 6.67. The molecule has 5 heteroatoms. The second kappa shape index (κ2) is 6.11. The third-order valence-electron chi connectivity index (χ3n) is 3.18. The molecular formula is C13H19N3OS. The van der Waals surface area contributed by atoms with E-state index in [-0.39, 0.29) is 0 Å². The number of anilines is 1. The van der Waals surface area contributed by atoms with Gasteiger partial charge in [-0.15, -0.1) is 0 Å². The van der Waals surface area contributed by atoms with E-state index in [1.807, 2.05) is 19.2 Å². The summed E-state index contributed by atoms with van der Waals surface area (Å²) in [4.78, 5) is 6.70. The van der Waals surface area contributed by atoms with Gasteiger partial charge in [0.25, 0.3) is 0 Å². The van der Waals surface area contributed by atoms with Gasteiger partial charge in [0.05, 0.1) is 11.8 Å². The fraction of sp³-hybridized carbons (Fsp3) is 0.538. The Morgan fingerprint density at radius 2 is 2.44 bits per heavy atom. The van der Waals surface area contributed by atoms with Crippen LogP contribution in [0.3, 0.4) is 0 Å². The summed E-state index contributed by atoms with van der Waals surface area (Å²) in [5.74, 6) is 0. The summed E-state index contributed by atoms with van der Waals surface area (Å²) < 4.78 is 5.74. The Hall–Kier alpha value is -1.20. The molecule has 0 saturated carbocycles. The molecule has 2 heterocycles. The highest BCUT2D eigenvalue weighted by Crippen LogP contribution is 2.20. The number of pyridine rings is 1. The second-order valence-electron chi connectivity index (χ2n) is 4.60. The van der Waals surface area contributed by atoms with E-state index >= 15 is 0 Å². The van der Waals surface area contributed by atoms with Crippen LogP contribution < -0.4 is 10.6 Å². The maximum Gasteiger partial charge on any atom is 0.124 e. The lowest BCUT2D eigenvalue weighted by atomic mass is 10.1. The van der Waals surface area contributed by atoms with Crippen molar-refractivity contribution in [1.82, 2.24) is 4.98 Å². The minimum atomic E-state index is 0.295. The molecule has 0 aromatic carbocycles. The highest BCUT2D eigenvalue weighted by Gasteiger charge is 2.18. The minimum absolute atomic E-state index is 0.295. The van der Waals surface area contributed by atoms with E-state index in [1.54, 1.807) is 6.20 Å². The molecular weight excluding hydrogens is 246 g/mol. The first-order valence-electron chi connectivity index (χ1n) is 6.26. The minimum Gasteiger partial charge on any atom is -0.388 e. The fourth-order valence-electron chi connectivity index (χ4n) is 2.25. The van der Waals surface area contributed by atoms with E-state index < -0.39 is 0 Å². The van der Waals surface area contributed by atoms with Gasteiger partial charge in [-0.25, -0.2) is 0 Å². The zero-order valence-electron chi connectivity index (χ0n) is 10.6. The van der Waals surface area contributed by atoms with Gasteiger partial charge < -0.3 is 15.4 Å². The number of nitrogens with zero attached hydrogens (tertiary/aromatic N) is 2. The fourth-order valence-corrected chi connectivity index (χ4v) is 2.41. The summed E-state index contributed by atoms with van der Waals surface area (Å²) in [6, 6.07) is 3.89. The highest BCUT2D eigenvalue weighted by molar-refractivity contribution is 7.80. The van der Waals surface area contributed by atoms with Crippen molar-refractivity contribution in [1.29, 1.82) is 0 Å². The van der Waals surface area contributed by atoms with E-state index in [0.29, 0.717) is 16.8 Å². The van der Waals surface area contributed by atoms with Crippen molar-refractivity contribution in [2.45, 2.75) is 25.4 Å². The van der Waals surface area contributed by atoms with E-state index in [4.69, 9.17) is 22.7 Å². The van der Waals surface area contributed by atoms with Gasteiger partial charge in [0.2, 0.25) is 0 Å². The zero-order chi connectivity index (χ0) is 13.0. The number of hydrogen-bond acceptors (Lipinski definition) is 4. The molecule has 1 aliphatic heterocycles. The van der Waals surface area contributed by atoms with E-state index in [2.05, 4.69) is 9.88 Å². The van der Waals surface area contributed by atoms with Crippen LogP contribution >= 0.6 is 12.2 Å². The van der Waals surface area contributed by atoms with Crippen LogP contribution in [0.1, 0.15) is 25.0 Å². The smallest absolute Gasteiger partial charge is 0.124 e. The molecule has 1 aromatic heterocycles. The first-order chi connectivity index (χ1) is 8.68. The molecule has 1 fully saturated rings. The van der Waals surface area contributed by atoms with Crippen molar-refractivity contribution < 1.29 is 4.74 Å². The van der Waals surface area contributed by atoms with Crippen LogP contribution in [0.5, 0.6) is 0 Å². The standard InChI is InChI=1S/C13H19N3OS/c1-16(9-10-5-2-3-8-17-10)11-6-4-7-15-12(11)13(14)18/h4,6-7,10H,2-3,5,8-9H2,1H3,(H2,14,18). The lowest BCUT2D eigenvalue weighted by Gasteiger charge is -2.29. The van der Waals surface area contributed by atoms with Crippen LogP contribution in [0.2, 0.25) is 0 Å². The molecule has 1 aliphatic rings. The largest absolute Gasteiger partial charge is 0.388 e. The lowest BCUT2D eigenvalue weighted by molar-refractivity contribution is 0.0216. The van der Waals surface area contributed by atoms with Crippen LogP contribution in [0.15, 0.2) is 18.3 Å². The predicted molar refractivity (Wildman–Crippen MR) is 77.0 cm³/mol. The van der Waals surface area contributed by atoms with Gasteiger partial charge in [-0.05, 0) is 31.4 Å². The topological polar surface area (TPSA) is 51.4 Å². The van der Waals surface area contributed by atoms with Crippen LogP contribution in [0.4, 0.5) is 5.69 Å². The molecule has 2 rings (SSSR count). The van der Waals surface area contributed by atoms with Crippen molar-refractivity contribution in [2.24, 2.45) is 5.73 Å². The van der Waals surface area contributed by atoms with Crippen LogP contribution in [0, 0.1) is 0 Å². The maximum absolute atomic E-state index is 5.74. The van der Waals surface area contributed by atoms with E-state index in [9.17, 15) is 0 Å². The summed E-state index contributed by atoms with van der Waals surface area (Å²) in [7, 11) is 2.02. The Bertz CT molecular complexity index is 418. The number of thiocarbonyl (C=S) groups is 1. The van der Waals surface area contributed by atoms with Crippen molar-refractivity contribution in [3.63, 3.8) is 0 Å². The lowest BCUT2D eigenvalue weighted by Crippen LogP contribution is -2.34. The van der Waals surface area contributed by atoms with Crippen LogP contribution in [-0.4, -0.2) is 36.3 Å². The summed E-state index contributed by atoms with van der Waals surface area (Å²) >= 11 is 5.03. The number of rotatable bonds is 4. The number of ether oxygens (including phenoxy) is 1. The Morgan fingerprint density at radius 1 is 1.61 bits per heavy atom. The van der Waals surface area contributed by atoms with Gasteiger partial charge in [0, 0.05) is 26.4 Å². The average molecular weight is 265 g/mol. The third kappa shape index (κ3) is 3.17. The van der Waals surface area contributed by atoms with E-state index in [1.165, 1.54) is 12.8 Å². The third-order valence-corrected chi connectivity index (χ3v) is 3.38. The summed E-state index contributed by atoms with van der Waals surface area (Å²) in [6.07, 6.45) is 5.54. The molecule has 0 bridgehead atoms. The van der Waals surface area contributed by atoms with Gasteiger partial charge in [-0.3, -0.25) is 4.98 Å². The SMILES string of the molecule is CN(CC1CCCCO1)c1cccnc1C(N)=S. The van der Waals surface area contributed by atoms with Crippen LogP contribution in [-0.2, 0) is 4.74 Å². The summed E-state index contributed by atoms with van der Waals surface area (Å²) in [5, 5.41) is 0. The Balaban J connectivity index is 2.08. The molecule has 0 spiro atoms. The molecule has 4 nitrogen and oxygen atoms in total. The predicted octanol–water partition coefficient (Wildman–Crippen LogP) is 1.72. The van der Waals surface area contributed by atoms with Gasteiger partial charge in [0.1, 0.15) is 10.7 Å². The van der Waals surface area contributed by atoms with Crippen molar-refractivity contribution in [2.75, 3.05) is 25.1 Å². The van der Waals surface area contributed by atoms with Crippen molar-refractivity contribution >= 4 is 22.9 Å². The molecule has 0 radical (unpaired) electrons. The highest BCUT2D eigenvalue weighted by atomic mass is 32.1. The van der Waals surface area contributed by atoms with Gasteiger partial charge in [-0.2, -0.15) is 0 Å². The summed E-state index contributed by atoms with van der Waals surface area (Å²) in [5.41, 5.74) is 7.35. The molecule has 2 N–H and O–H groups in total. The van der Waals surface area contributed by atoms with Crippen molar-refractivity contribution in [3.05, 3.63) is 24.0 Å². The molecule has 18 heavy (non-hydrogen) atoms. The normalized spacial score (nSPS) is 19.5. The van der Waals surface area contributed by atoms with Crippen molar-refractivity contribution in [3.8, 4) is 0 Å². The Morgan fingerprint density at radius 3 is 3.11 bits per heavy atom. The second-order valence-corrected chi connectivity index (χ2v) is 5.04. The van der Waals surface area contributed by atoms with Gasteiger partial charge >= 0.3 is 0 Å². The maximum atomic E-state index is 5.74. The number of hydrogen-bond donors (Lipinski definition) is 1. The monoisotopic (exact) mass is 265 g/mol. The zero-order valence-corrected chi connectivity index (χ0v) is 11.4. The first kappa shape index (κ1) is 13.2. The molecule has 1 aromatic rings.